The van der Waals surface area contributed by atoms with Crippen molar-refractivity contribution in [1.82, 2.24) is 4.31 Å². The molecule has 1 rings (SSSR count). The number of methoxy groups -OCH3 is 1. The molecular weight excluding hydrogens is 246 g/mol. The molecule has 0 aromatic carbocycles. The number of sulfonamides is 1. The summed E-state index contributed by atoms with van der Waals surface area (Å²) in [4.78, 5) is 11.1. The van der Waals surface area contributed by atoms with Crippen molar-refractivity contribution in [2.45, 2.75) is 31.7 Å². The zero-order valence-corrected chi connectivity index (χ0v) is 10.8. The molecular formula is C10H19NO5S. The lowest BCUT2D eigenvalue weighted by Gasteiger charge is -2.25. The minimum Gasteiger partial charge on any atom is -0.480 e. The van der Waals surface area contributed by atoms with Gasteiger partial charge >= 0.3 is 5.97 Å². The summed E-state index contributed by atoms with van der Waals surface area (Å²) in [6.07, 6.45) is 2.74. The van der Waals surface area contributed by atoms with Gasteiger partial charge in [0.25, 0.3) is 0 Å². The first-order valence-electron chi connectivity index (χ1n) is 5.70. The van der Waals surface area contributed by atoms with E-state index in [9.17, 15) is 13.2 Å². The molecule has 0 radical (unpaired) electrons. The van der Waals surface area contributed by atoms with Crippen LogP contribution in [0.5, 0.6) is 0 Å². The second-order valence-electron chi connectivity index (χ2n) is 4.12. The number of hydrogen-bond acceptors (Lipinski definition) is 4. The summed E-state index contributed by atoms with van der Waals surface area (Å²) in [7, 11) is -2.11. The Morgan fingerprint density at radius 1 is 1.41 bits per heavy atom. The molecule has 0 aromatic heterocycles. The second kappa shape index (κ2) is 6.32. The van der Waals surface area contributed by atoms with Crippen molar-refractivity contribution in [3.63, 3.8) is 0 Å². The molecule has 1 atom stereocenters. The van der Waals surface area contributed by atoms with Gasteiger partial charge in [-0.2, -0.15) is 4.31 Å². The lowest BCUT2D eigenvalue weighted by Crippen LogP contribution is -2.46. The van der Waals surface area contributed by atoms with Crippen LogP contribution in [0.2, 0.25) is 0 Å². The van der Waals surface area contributed by atoms with E-state index in [1.54, 1.807) is 0 Å². The maximum Gasteiger partial charge on any atom is 0.322 e. The van der Waals surface area contributed by atoms with E-state index in [0.29, 0.717) is 13.0 Å². The molecule has 1 aliphatic rings. The van der Waals surface area contributed by atoms with Crippen molar-refractivity contribution in [3.05, 3.63) is 0 Å². The number of carboxylic acids is 1. The molecule has 0 spiro atoms. The topological polar surface area (TPSA) is 83.9 Å². The van der Waals surface area contributed by atoms with Gasteiger partial charge in [-0.05, 0) is 12.8 Å². The number of carbonyl (C=O) groups is 1. The monoisotopic (exact) mass is 265 g/mol. The van der Waals surface area contributed by atoms with Crippen LogP contribution in [0.25, 0.3) is 0 Å². The largest absolute Gasteiger partial charge is 0.480 e. The third-order valence-corrected chi connectivity index (χ3v) is 4.73. The van der Waals surface area contributed by atoms with E-state index in [2.05, 4.69) is 0 Å². The van der Waals surface area contributed by atoms with Crippen LogP contribution in [-0.4, -0.2) is 55.9 Å². The standard InChI is InChI=1S/C10H19NO5S/c1-16-7-8-17(14,15)11-6-4-2-3-5-9(11)10(12)13/h9H,2-8H2,1H3,(H,12,13). The molecule has 0 aromatic rings. The summed E-state index contributed by atoms with van der Waals surface area (Å²) < 4.78 is 29.9. The van der Waals surface area contributed by atoms with Gasteiger partial charge in [0.15, 0.2) is 0 Å². The fraction of sp³-hybridized carbons (Fsp3) is 0.900. The molecule has 1 heterocycles. The van der Waals surface area contributed by atoms with Crippen LogP contribution in [0.3, 0.4) is 0 Å². The van der Waals surface area contributed by atoms with Crippen LogP contribution < -0.4 is 0 Å². The number of ether oxygens (including phenoxy) is 1. The van der Waals surface area contributed by atoms with E-state index in [-0.39, 0.29) is 12.4 Å². The summed E-state index contributed by atoms with van der Waals surface area (Å²) >= 11 is 0. The molecule has 0 amide bonds. The maximum absolute atomic E-state index is 12.0. The SMILES string of the molecule is COCCS(=O)(=O)N1CCCCCC1C(=O)O. The number of aliphatic carboxylic acids is 1. The minimum atomic E-state index is -3.54. The Hall–Kier alpha value is -0.660. The minimum absolute atomic E-state index is 0.0885. The summed E-state index contributed by atoms with van der Waals surface area (Å²) in [5, 5.41) is 9.09. The number of rotatable bonds is 5. The van der Waals surface area contributed by atoms with Crippen molar-refractivity contribution >= 4 is 16.0 Å². The number of nitrogens with zero attached hydrogens (tertiary/aromatic N) is 1. The van der Waals surface area contributed by atoms with Gasteiger partial charge in [0.2, 0.25) is 10.0 Å². The van der Waals surface area contributed by atoms with Crippen LogP contribution in [-0.2, 0) is 19.6 Å². The average molecular weight is 265 g/mol. The maximum atomic E-state index is 12.0. The predicted octanol–water partition coefficient (Wildman–Crippen LogP) is 0.292. The molecule has 1 N–H and O–H groups in total. The molecule has 7 heteroatoms. The van der Waals surface area contributed by atoms with Crippen molar-refractivity contribution in [1.29, 1.82) is 0 Å². The van der Waals surface area contributed by atoms with E-state index in [1.807, 2.05) is 0 Å². The van der Waals surface area contributed by atoms with Gasteiger partial charge in [-0.3, -0.25) is 4.79 Å². The highest BCUT2D eigenvalue weighted by Crippen LogP contribution is 2.20. The molecule has 17 heavy (non-hydrogen) atoms. The summed E-state index contributed by atoms with van der Waals surface area (Å²) in [6, 6.07) is -0.917. The second-order valence-corrected chi connectivity index (χ2v) is 6.16. The molecule has 0 bridgehead atoms. The third kappa shape index (κ3) is 3.93. The Morgan fingerprint density at radius 3 is 2.71 bits per heavy atom. The van der Waals surface area contributed by atoms with Crippen molar-refractivity contribution in [2.75, 3.05) is 26.0 Å². The highest BCUT2D eigenvalue weighted by molar-refractivity contribution is 7.89. The molecule has 6 nitrogen and oxygen atoms in total. The molecule has 1 fully saturated rings. The van der Waals surface area contributed by atoms with Gasteiger partial charge in [0, 0.05) is 13.7 Å². The van der Waals surface area contributed by atoms with Crippen LogP contribution in [0.15, 0.2) is 0 Å². The Morgan fingerprint density at radius 2 is 2.12 bits per heavy atom. The molecule has 1 saturated heterocycles. The van der Waals surface area contributed by atoms with Gasteiger partial charge in [-0.1, -0.05) is 12.8 Å². The van der Waals surface area contributed by atoms with Crippen LogP contribution in [0.1, 0.15) is 25.7 Å². The van der Waals surface area contributed by atoms with E-state index in [0.717, 1.165) is 23.6 Å². The molecule has 1 unspecified atom stereocenters. The van der Waals surface area contributed by atoms with Crippen molar-refractivity contribution in [3.8, 4) is 0 Å². The normalized spacial score (nSPS) is 23.2. The fourth-order valence-electron chi connectivity index (χ4n) is 1.97. The first-order valence-corrected chi connectivity index (χ1v) is 7.31. The highest BCUT2D eigenvalue weighted by atomic mass is 32.2. The number of hydrogen-bond donors (Lipinski definition) is 1. The Labute approximate surface area is 102 Å². The fourth-order valence-corrected chi connectivity index (χ4v) is 3.57. The summed E-state index contributed by atoms with van der Waals surface area (Å²) in [5.74, 6) is -1.22. The predicted molar refractivity (Wildman–Crippen MR) is 62.3 cm³/mol. The molecule has 1 aliphatic heterocycles. The van der Waals surface area contributed by atoms with E-state index in [4.69, 9.17) is 9.84 Å². The van der Waals surface area contributed by atoms with Gasteiger partial charge in [0.1, 0.15) is 6.04 Å². The highest BCUT2D eigenvalue weighted by Gasteiger charge is 2.35. The lowest BCUT2D eigenvalue weighted by molar-refractivity contribution is -0.141. The lowest BCUT2D eigenvalue weighted by atomic mass is 10.1. The van der Waals surface area contributed by atoms with Crippen LogP contribution in [0.4, 0.5) is 0 Å². The Kier molecular flexibility index (Phi) is 5.35. The Bertz CT molecular complexity index is 354. The van der Waals surface area contributed by atoms with Gasteiger partial charge in [-0.15, -0.1) is 0 Å². The first kappa shape index (κ1) is 14.4. The zero-order valence-electron chi connectivity index (χ0n) is 9.96. The molecule has 100 valence electrons. The van der Waals surface area contributed by atoms with Crippen molar-refractivity contribution < 1.29 is 23.1 Å². The van der Waals surface area contributed by atoms with Gasteiger partial charge in [-0.25, -0.2) is 8.42 Å². The van der Waals surface area contributed by atoms with Gasteiger partial charge in [0.05, 0.1) is 12.4 Å². The van der Waals surface area contributed by atoms with E-state index < -0.39 is 22.0 Å². The molecule has 0 saturated carbocycles. The third-order valence-electron chi connectivity index (χ3n) is 2.89. The van der Waals surface area contributed by atoms with Crippen molar-refractivity contribution in [2.24, 2.45) is 0 Å². The van der Waals surface area contributed by atoms with Crippen LogP contribution in [0, 0.1) is 0 Å². The van der Waals surface area contributed by atoms with E-state index in [1.165, 1.54) is 7.11 Å². The first-order chi connectivity index (χ1) is 7.99. The summed E-state index contributed by atoms with van der Waals surface area (Å²) in [5.41, 5.74) is 0. The quantitative estimate of drug-likeness (QED) is 0.772. The zero-order chi connectivity index (χ0) is 12.9. The summed E-state index contributed by atoms with van der Waals surface area (Å²) in [6.45, 7) is 0.383. The van der Waals surface area contributed by atoms with Gasteiger partial charge < -0.3 is 9.84 Å². The Balaban J connectivity index is 2.85. The smallest absolute Gasteiger partial charge is 0.322 e. The number of carboxylic acid groups (broad SMARTS) is 1. The molecule has 0 aliphatic carbocycles. The van der Waals surface area contributed by atoms with E-state index >= 15 is 0 Å². The van der Waals surface area contributed by atoms with Crippen LogP contribution >= 0.6 is 0 Å². The average Bonchev–Trinajstić information content (AvgIpc) is 2.52.